The number of rotatable bonds is 1. The highest BCUT2D eigenvalue weighted by Gasteiger charge is 2.34. The summed E-state index contributed by atoms with van der Waals surface area (Å²) in [5, 5.41) is 5.58. The second-order valence-corrected chi connectivity index (χ2v) is 6.89. The normalized spacial score (nSPS) is 29.5. The number of halogens is 1. The van der Waals surface area contributed by atoms with Gasteiger partial charge in [-0.3, -0.25) is 4.79 Å². The predicted molar refractivity (Wildman–Crippen MR) is 85.9 cm³/mol. The molecule has 3 nitrogen and oxygen atoms in total. The summed E-state index contributed by atoms with van der Waals surface area (Å²) in [5.41, 5.74) is 1.31. The number of hydrogen-bond donors (Lipinski definition) is 1. The average Bonchev–Trinajstić information content (AvgIpc) is 2.89. The summed E-state index contributed by atoms with van der Waals surface area (Å²) in [7, 11) is 0. The molecule has 0 aromatic carbocycles. The average molecular weight is 315 g/mol. The number of amides is 1. The van der Waals surface area contributed by atoms with E-state index in [2.05, 4.69) is 35.5 Å². The van der Waals surface area contributed by atoms with Crippen molar-refractivity contribution >= 4 is 29.7 Å². The number of fused-ring (bicyclic) bond motifs is 1. The molecule has 0 spiro atoms. The van der Waals surface area contributed by atoms with Gasteiger partial charge in [0.25, 0.3) is 0 Å². The topological polar surface area (TPSA) is 32.3 Å². The third kappa shape index (κ3) is 2.87. The second kappa shape index (κ2) is 6.46. The summed E-state index contributed by atoms with van der Waals surface area (Å²) in [4.78, 5) is 16.4. The van der Waals surface area contributed by atoms with E-state index < -0.39 is 0 Å². The Morgan fingerprint density at radius 1 is 1.45 bits per heavy atom. The van der Waals surface area contributed by atoms with E-state index in [1.54, 1.807) is 0 Å². The first-order chi connectivity index (χ1) is 9.16. The van der Waals surface area contributed by atoms with Gasteiger partial charge in [0.15, 0.2) is 0 Å². The number of nitrogens with one attached hydrogen (secondary N) is 1. The fraction of sp³-hybridized carbons (Fsp3) is 0.667. The van der Waals surface area contributed by atoms with Crippen molar-refractivity contribution < 1.29 is 4.79 Å². The molecule has 2 heterocycles. The van der Waals surface area contributed by atoms with Crippen molar-refractivity contribution in [2.75, 3.05) is 13.1 Å². The smallest absolute Gasteiger partial charge is 0.230 e. The Morgan fingerprint density at radius 2 is 2.25 bits per heavy atom. The van der Waals surface area contributed by atoms with Crippen LogP contribution in [0.15, 0.2) is 11.4 Å². The summed E-state index contributed by atoms with van der Waals surface area (Å²) in [6.45, 7) is 6.06. The van der Waals surface area contributed by atoms with Crippen molar-refractivity contribution in [1.29, 1.82) is 0 Å². The molecule has 1 aromatic heterocycles. The van der Waals surface area contributed by atoms with Gasteiger partial charge in [-0.1, -0.05) is 0 Å². The molecule has 1 N–H and O–H groups in total. The summed E-state index contributed by atoms with van der Waals surface area (Å²) in [6, 6.07) is 2.89. The number of carbonyl (C=O) groups is 1. The van der Waals surface area contributed by atoms with Crippen LogP contribution in [-0.4, -0.2) is 36.0 Å². The van der Waals surface area contributed by atoms with Crippen LogP contribution in [0, 0.1) is 0 Å². The molecule has 0 radical (unpaired) electrons. The molecule has 1 aromatic rings. The number of thiophene rings is 1. The first kappa shape index (κ1) is 15.8. The quantitative estimate of drug-likeness (QED) is 0.864. The summed E-state index contributed by atoms with van der Waals surface area (Å²) in [6.07, 6.45) is 3.33. The monoisotopic (exact) mass is 314 g/mol. The van der Waals surface area contributed by atoms with E-state index in [1.165, 1.54) is 10.4 Å². The summed E-state index contributed by atoms with van der Waals surface area (Å²) >= 11 is 1.81. The van der Waals surface area contributed by atoms with Crippen molar-refractivity contribution in [3.63, 3.8) is 0 Å². The predicted octanol–water partition coefficient (Wildman–Crippen LogP) is 2.80. The molecule has 112 valence electrons. The van der Waals surface area contributed by atoms with Crippen LogP contribution in [0.4, 0.5) is 0 Å². The third-order valence-electron chi connectivity index (χ3n) is 4.40. The van der Waals surface area contributed by atoms with Gasteiger partial charge < -0.3 is 10.2 Å². The molecule has 3 atom stereocenters. The maximum atomic E-state index is 12.9. The van der Waals surface area contributed by atoms with Crippen LogP contribution >= 0.6 is 23.7 Å². The van der Waals surface area contributed by atoms with Crippen LogP contribution in [0.25, 0.3) is 0 Å². The Kier molecular flexibility index (Phi) is 5.10. The zero-order valence-electron chi connectivity index (χ0n) is 12.1. The van der Waals surface area contributed by atoms with Gasteiger partial charge in [-0.05, 0) is 50.1 Å². The molecule has 3 rings (SSSR count). The number of hydrogen-bond acceptors (Lipinski definition) is 3. The minimum absolute atomic E-state index is 0. The van der Waals surface area contributed by atoms with Crippen molar-refractivity contribution in [1.82, 2.24) is 10.2 Å². The number of aryl methyl sites for hydroxylation is 1. The van der Waals surface area contributed by atoms with Crippen molar-refractivity contribution in [2.45, 2.75) is 51.1 Å². The van der Waals surface area contributed by atoms with Gasteiger partial charge in [-0.15, -0.1) is 23.7 Å². The second-order valence-electron chi connectivity index (χ2n) is 5.89. The van der Waals surface area contributed by atoms with E-state index in [1.807, 2.05) is 11.3 Å². The number of piperazine rings is 1. The lowest BCUT2D eigenvalue weighted by atomic mass is 9.86. The fourth-order valence-electron chi connectivity index (χ4n) is 3.27. The Labute approximate surface area is 131 Å². The Hall–Kier alpha value is -0.580. The van der Waals surface area contributed by atoms with Crippen molar-refractivity contribution in [3.8, 4) is 0 Å². The molecule has 20 heavy (non-hydrogen) atoms. The van der Waals surface area contributed by atoms with Crippen LogP contribution in [0.5, 0.6) is 0 Å². The van der Waals surface area contributed by atoms with E-state index in [4.69, 9.17) is 0 Å². The Balaban J connectivity index is 0.00000147. The van der Waals surface area contributed by atoms with Gasteiger partial charge in [0, 0.05) is 30.1 Å². The highest BCUT2D eigenvalue weighted by molar-refractivity contribution is 7.10. The van der Waals surface area contributed by atoms with Gasteiger partial charge in [-0.25, -0.2) is 0 Å². The molecule has 3 unspecified atom stereocenters. The SMILES string of the molecule is CC1CN(C(=O)C2CCCc3sccc32)C(C)CN1.Cl. The molecule has 2 aliphatic rings. The molecule has 0 bridgehead atoms. The molecule has 1 fully saturated rings. The third-order valence-corrected chi connectivity index (χ3v) is 5.39. The minimum atomic E-state index is 0. The lowest BCUT2D eigenvalue weighted by Crippen LogP contribution is -2.57. The first-order valence-corrected chi connectivity index (χ1v) is 8.15. The molecule has 1 aliphatic carbocycles. The maximum absolute atomic E-state index is 12.9. The van der Waals surface area contributed by atoms with Gasteiger partial charge in [-0.2, -0.15) is 0 Å². The fourth-order valence-corrected chi connectivity index (χ4v) is 4.26. The van der Waals surface area contributed by atoms with E-state index in [9.17, 15) is 4.79 Å². The van der Waals surface area contributed by atoms with E-state index in [-0.39, 0.29) is 18.3 Å². The van der Waals surface area contributed by atoms with E-state index >= 15 is 0 Å². The van der Waals surface area contributed by atoms with Crippen molar-refractivity contribution in [2.24, 2.45) is 0 Å². The van der Waals surface area contributed by atoms with Gasteiger partial charge in [0.1, 0.15) is 0 Å². The minimum Gasteiger partial charge on any atom is -0.337 e. The first-order valence-electron chi connectivity index (χ1n) is 7.27. The molecule has 0 saturated carbocycles. The number of nitrogens with zero attached hydrogens (tertiary/aromatic N) is 1. The lowest BCUT2D eigenvalue weighted by Gasteiger charge is -2.40. The molecule has 1 aliphatic heterocycles. The standard InChI is InChI=1S/C15H22N2OS.ClH/c1-10-9-17(11(2)8-16-10)15(18)13-4-3-5-14-12(13)6-7-19-14;/h6-7,10-11,13,16H,3-5,8-9H2,1-2H3;1H. The van der Waals surface area contributed by atoms with Gasteiger partial charge >= 0.3 is 0 Å². The van der Waals surface area contributed by atoms with Crippen molar-refractivity contribution in [3.05, 3.63) is 21.9 Å². The van der Waals surface area contributed by atoms with Gasteiger partial charge in [0.05, 0.1) is 5.92 Å². The molecular formula is C15H23ClN2OS. The van der Waals surface area contributed by atoms with Crippen LogP contribution in [-0.2, 0) is 11.2 Å². The summed E-state index contributed by atoms with van der Waals surface area (Å²) in [5.74, 6) is 0.461. The van der Waals surface area contributed by atoms with Crippen LogP contribution < -0.4 is 5.32 Å². The largest absolute Gasteiger partial charge is 0.337 e. The Bertz CT molecular complexity index is 476. The summed E-state index contributed by atoms with van der Waals surface area (Å²) < 4.78 is 0. The molecule has 5 heteroatoms. The van der Waals surface area contributed by atoms with E-state index in [0.29, 0.717) is 18.0 Å². The van der Waals surface area contributed by atoms with Crippen LogP contribution in [0.2, 0.25) is 0 Å². The Morgan fingerprint density at radius 3 is 3.05 bits per heavy atom. The molecular weight excluding hydrogens is 292 g/mol. The molecule has 1 amide bonds. The van der Waals surface area contributed by atoms with Gasteiger partial charge in [0.2, 0.25) is 5.91 Å². The molecule has 1 saturated heterocycles. The highest BCUT2D eigenvalue weighted by atomic mass is 35.5. The maximum Gasteiger partial charge on any atom is 0.230 e. The zero-order valence-corrected chi connectivity index (χ0v) is 13.7. The van der Waals surface area contributed by atoms with E-state index in [0.717, 1.165) is 32.4 Å². The van der Waals surface area contributed by atoms with Crippen LogP contribution in [0.3, 0.4) is 0 Å². The highest BCUT2D eigenvalue weighted by Crippen LogP contribution is 2.36. The lowest BCUT2D eigenvalue weighted by molar-refractivity contribution is -0.136. The zero-order chi connectivity index (χ0) is 13.4. The van der Waals surface area contributed by atoms with Crippen LogP contribution in [0.1, 0.15) is 43.0 Å². The number of carbonyl (C=O) groups excluding carboxylic acids is 1.